The lowest BCUT2D eigenvalue weighted by atomic mass is 10.1. The highest BCUT2D eigenvalue weighted by Gasteiger charge is 2.23. The van der Waals surface area contributed by atoms with Crippen LogP contribution in [0.4, 0.5) is 0 Å². The quantitative estimate of drug-likeness (QED) is 0.249. The number of furan rings is 1. The Labute approximate surface area is 178 Å². The molecule has 0 fully saturated rings. The highest BCUT2D eigenvalue weighted by molar-refractivity contribution is 7.36. The molecule has 1 aromatic heterocycles. The van der Waals surface area contributed by atoms with Gasteiger partial charge in [-0.3, -0.25) is 24.0 Å². The third-order valence-corrected chi connectivity index (χ3v) is 5.01. The second-order valence-electron chi connectivity index (χ2n) is 6.35. The summed E-state index contributed by atoms with van der Waals surface area (Å²) in [4.78, 5) is 71.3. The molecule has 31 heavy (non-hydrogen) atoms. The third-order valence-electron chi connectivity index (χ3n) is 3.91. The van der Waals surface area contributed by atoms with E-state index < -0.39 is 48.2 Å². The summed E-state index contributed by atoms with van der Waals surface area (Å²) in [6.07, 6.45) is 3.93. The molecular weight excluding hydrogens is 429 g/mol. The molecule has 5 N–H and O–H groups in total. The lowest BCUT2D eigenvalue weighted by Crippen LogP contribution is -2.51. The van der Waals surface area contributed by atoms with Crippen LogP contribution >= 0.6 is 8.73 Å². The summed E-state index contributed by atoms with van der Waals surface area (Å²) in [5, 5.41) is 12.1. The van der Waals surface area contributed by atoms with E-state index in [0.717, 1.165) is 12.2 Å². The molecule has 1 aromatic rings. The van der Waals surface area contributed by atoms with Crippen molar-refractivity contribution in [2.75, 3.05) is 19.3 Å². The Hall–Kier alpha value is -3.53. The first-order chi connectivity index (χ1) is 14.9. The number of carbonyl (C=O) groups is 6. The minimum absolute atomic E-state index is 0.0307. The predicted molar refractivity (Wildman–Crippen MR) is 109 cm³/mol. The van der Waals surface area contributed by atoms with E-state index in [1.165, 1.54) is 6.26 Å². The van der Waals surface area contributed by atoms with Crippen molar-refractivity contribution in [3.05, 3.63) is 36.3 Å². The van der Waals surface area contributed by atoms with Gasteiger partial charge in [0, 0.05) is 24.7 Å². The average molecular weight is 451 g/mol. The zero-order chi connectivity index (χ0) is 22.6. The Bertz CT molecular complexity index is 855. The minimum Gasteiger partial charge on any atom is -0.469 e. The van der Waals surface area contributed by atoms with Crippen LogP contribution in [-0.2, 0) is 35.2 Å². The van der Waals surface area contributed by atoms with E-state index in [1.54, 1.807) is 12.1 Å². The van der Waals surface area contributed by atoms with E-state index in [4.69, 9.17) is 4.42 Å². The van der Waals surface area contributed by atoms with Crippen molar-refractivity contribution in [2.24, 2.45) is 0 Å². The fraction of sp³-hybridized carbons (Fsp3) is 0.333. The summed E-state index contributed by atoms with van der Waals surface area (Å²) < 4.78 is 5.20. The molecule has 166 valence electrons. The van der Waals surface area contributed by atoms with Gasteiger partial charge in [0.2, 0.25) is 29.5 Å². The number of hydrogen-bond donors (Lipinski definition) is 5. The van der Waals surface area contributed by atoms with E-state index in [-0.39, 0.29) is 27.9 Å². The van der Waals surface area contributed by atoms with Gasteiger partial charge in [-0.25, -0.2) is 0 Å². The van der Waals surface area contributed by atoms with Gasteiger partial charge in [-0.15, -0.1) is 0 Å². The zero-order valence-electron chi connectivity index (χ0n) is 16.3. The molecule has 3 atom stereocenters. The van der Waals surface area contributed by atoms with Gasteiger partial charge in [0.05, 0.1) is 25.4 Å². The average Bonchev–Trinajstić information content (AvgIpc) is 3.26. The number of hydrogen-bond acceptors (Lipinski definition) is 7. The Morgan fingerprint density at radius 3 is 2.45 bits per heavy atom. The second-order valence-corrected chi connectivity index (χ2v) is 7.36. The molecule has 1 aliphatic rings. The first-order valence-corrected chi connectivity index (χ1v) is 10.4. The van der Waals surface area contributed by atoms with Crippen LogP contribution in [0.2, 0.25) is 0 Å². The third kappa shape index (κ3) is 8.79. The monoisotopic (exact) mass is 451 g/mol. The first kappa shape index (κ1) is 23.7. The largest absolute Gasteiger partial charge is 0.469 e. The molecular formula is C18H22N5O7P. The molecule has 13 heteroatoms. The van der Waals surface area contributed by atoms with Crippen LogP contribution in [0.5, 0.6) is 0 Å². The Morgan fingerprint density at radius 1 is 1.00 bits per heavy atom. The van der Waals surface area contributed by atoms with Crippen LogP contribution in [0.3, 0.4) is 0 Å². The smallest absolute Gasteiger partial charge is 0.244 e. The minimum atomic E-state index is -1.05. The van der Waals surface area contributed by atoms with Crippen LogP contribution < -0.4 is 26.4 Å². The SMILES string of the molecule is O=C[C@@H]1CPNC(=O)CNC(=O)[C@H](Cc2ccco2)NC(=O)CNC(=O)/C=C\C(=O)N1. The summed E-state index contributed by atoms with van der Waals surface area (Å²) in [5.74, 6) is -2.74. The van der Waals surface area contributed by atoms with Crippen LogP contribution in [-0.4, -0.2) is 67.2 Å². The van der Waals surface area contributed by atoms with Crippen LogP contribution in [0.25, 0.3) is 0 Å². The van der Waals surface area contributed by atoms with Gasteiger partial charge in [-0.2, -0.15) is 0 Å². The van der Waals surface area contributed by atoms with Gasteiger partial charge in [0.15, 0.2) is 0 Å². The molecule has 1 aliphatic heterocycles. The van der Waals surface area contributed by atoms with Gasteiger partial charge in [-0.1, -0.05) is 0 Å². The molecule has 0 radical (unpaired) electrons. The van der Waals surface area contributed by atoms with Crippen molar-refractivity contribution in [1.82, 2.24) is 26.4 Å². The topological polar surface area (TPSA) is 176 Å². The van der Waals surface area contributed by atoms with Crippen LogP contribution in [0.15, 0.2) is 35.0 Å². The van der Waals surface area contributed by atoms with Crippen molar-refractivity contribution in [3.63, 3.8) is 0 Å². The molecule has 0 aliphatic carbocycles. The maximum Gasteiger partial charge on any atom is 0.244 e. The van der Waals surface area contributed by atoms with Crippen molar-refractivity contribution in [2.45, 2.75) is 18.5 Å². The molecule has 5 amide bonds. The van der Waals surface area contributed by atoms with Crippen LogP contribution in [0.1, 0.15) is 5.76 Å². The molecule has 0 aromatic carbocycles. The maximum absolute atomic E-state index is 12.5. The standard InChI is InChI=1S/C18H22N5O7P/c24-9-11-10-31-23-17(28)8-20-18(29)13(6-12-2-1-5-30-12)22-16(27)7-19-14(25)3-4-15(26)21-11/h1-5,9,11,13,31H,6-8,10H2,(H,19,25)(H,20,29)(H,21,26)(H,22,27)(H,23,28)/b4-3-/t11-,13+/m1/s1. The molecule has 12 nitrogen and oxygen atoms in total. The predicted octanol–water partition coefficient (Wildman–Crippen LogP) is -2.50. The van der Waals surface area contributed by atoms with E-state index in [2.05, 4.69) is 26.4 Å². The Balaban J connectivity index is 2.10. The molecule has 2 heterocycles. The molecule has 2 rings (SSSR count). The lowest BCUT2D eigenvalue weighted by molar-refractivity contribution is -0.130. The summed E-state index contributed by atoms with van der Waals surface area (Å²) in [7, 11) is -0.201. The van der Waals surface area contributed by atoms with E-state index in [0.29, 0.717) is 12.0 Å². The summed E-state index contributed by atoms with van der Waals surface area (Å²) in [5.41, 5.74) is 0. The van der Waals surface area contributed by atoms with E-state index in [1.807, 2.05) is 0 Å². The van der Waals surface area contributed by atoms with Crippen molar-refractivity contribution in [1.29, 1.82) is 0 Å². The van der Waals surface area contributed by atoms with Crippen molar-refractivity contribution in [3.8, 4) is 0 Å². The number of amides is 5. The molecule has 0 saturated heterocycles. The number of carbonyl (C=O) groups excluding carboxylic acids is 6. The summed E-state index contributed by atoms with van der Waals surface area (Å²) in [6, 6.07) is 1.33. The fourth-order valence-electron chi connectivity index (χ4n) is 2.42. The normalized spacial score (nSPS) is 23.9. The number of aldehydes is 1. The molecule has 0 spiro atoms. The lowest BCUT2D eigenvalue weighted by Gasteiger charge is -2.18. The number of rotatable bonds is 3. The van der Waals surface area contributed by atoms with E-state index >= 15 is 0 Å². The first-order valence-electron chi connectivity index (χ1n) is 9.20. The summed E-state index contributed by atoms with van der Waals surface area (Å²) in [6.45, 7) is -0.806. The molecule has 0 saturated carbocycles. The highest BCUT2D eigenvalue weighted by Crippen LogP contribution is 2.06. The number of nitrogens with one attached hydrogen (secondary N) is 5. The van der Waals surface area contributed by atoms with Gasteiger partial charge < -0.3 is 35.6 Å². The molecule has 1 unspecified atom stereocenters. The summed E-state index contributed by atoms with van der Waals surface area (Å²) >= 11 is 0. The van der Waals surface area contributed by atoms with Gasteiger partial charge >= 0.3 is 0 Å². The molecule has 0 bridgehead atoms. The zero-order valence-corrected chi connectivity index (χ0v) is 17.3. The van der Waals surface area contributed by atoms with Gasteiger partial charge in [0.1, 0.15) is 18.1 Å². The highest BCUT2D eigenvalue weighted by atomic mass is 31.1. The van der Waals surface area contributed by atoms with Crippen molar-refractivity contribution < 1.29 is 33.2 Å². The Kier molecular flexibility index (Phi) is 9.37. The van der Waals surface area contributed by atoms with Gasteiger partial charge in [-0.05, 0) is 20.9 Å². The van der Waals surface area contributed by atoms with Crippen LogP contribution in [0, 0.1) is 0 Å². The van der Waals surface area contributed by atoms with E-state index in [9.17, 15) is 28.8 Å². The van der Waals surface area contributed by atoms with Crippen molar-refractivity contribution >= 4 is 44.6 Å². The Morgan fingerprint density at radius 2 is 1.74 bits per heavy atom. The van der Waals surface area contributed by atoms with Gasteiger partial charge in [0.25, 0.3) is 0 Å². The second kappa shape index (κ2) is 12.2. The maximum atomic E-state index is 12.5. The fourth-order valence-corrected chi connectivity index (χ4v) is 3.23.